The Morgan fingerprint density at radius 2 is 1.90 bits per heavy atom. The first-order valence-electron chi connectivity index (χ1n) is 7.77. The number of nitrogens with one attached hydrogen (secondary N) is 2. The lowest BCUT2D eigenvalue weighted by Crippen LogP contribution is -2.48. The minimum Gasteiger partial charge on any atom is -0.468 e. The molecule has 2 unspecified atom stereocenters. The lowest BCUT2D eigenvalue weighted by Gasteiger charge is -2.29. The highest BCUT2D eigenvalue weighted by atomic mass is 16.5. The number of hydrogen-bond acceptors (Lipinski definition) is 5. The molecule has 0 bridgehead atoms. The van der Waals surface area contributed by atoms with Crippen LogP contribution in [-0.4, -0.2) is 48.3 Å². The van der Waals surface area contributed by atoms with Crippen molar-refractivity contribution in [2.75, 3.05) is 7.11 Å². The van der Waals surface area contributed by atoms with Crippen LogP contribution in [0.2, 0.25) is 0 Å². The molecule has 0 spiro atoms. The molecule has 122 valence electrons. The highest BCUT2D eigenvalue weighted by molar-refractivity contribution is 5.85. The van der Waals surface area contributed by atoms with Crippen molar-refractivity contribution in [2.45, 2.75) is 76.6 Å². The van der Waals surface area contributed by atoms with E-state index in [0.717, 1.165) is 32.1 Å². The predicted molar refractivity (Wildman–Crippen MR) is 79.7 cm³/mol. The zero-order valence-electron chi connectivity index (χ0n) is 13.2. The second-order valence-electron chi connectivity index (χ2n) is 5.83. The molecule has 6 heteroatoms. The standard InChI is InChI=1S/C15H28N2O4/c1-4-10(2)16-14(19)9-13(15(20)21-3)17-11-5-7-12(18)8-6-11/h10-13,17-18H,4-9H2,1-3H3,(H,16,19). The minimum atomic E-state index is -0.626. The topological polar surface area (TPSA) is 87.7 Å². The lowest BCUT2D eigenvalue weighted by atomic mass is 9.92. The molecule has 1 rings (SSSR count). The molecule has 3 N–H and O–H groups in total. The van der Waals surface area contributed by atoms with Gasteiger partial charge in [0.1, 0.15) is 6.04 Å². The summed E-state index contributed by atoms with van der Waals surface area (Å²) in [6, 6.07) is -0.381. The molecule has 1 aliphatic carbocycles. The molecule has 0 aromatic heterocycles. The van der Waals surface area contributed by atoms with Crippen LogP contribution in [0, 0.1) is 0 Å². The second kappa shape index (κ2) is 9.00. The van der Waals surface area contributed by atoms with E-state index in [1.807, 2.05) is 13.8 Å². The van der Waals surface area contributed by atoms with Crippen molar-refractivity contribution in [3.05, 3.63) is 0 Å². The Morgan fingerprint density at radius 3 is 2.43 bits per heavy atom. The van der Waals surface area contributed by atoms with E-state index in [-0.39, 0.29) is 30.5 Å². The first-order valence-corrected chi connectivity index (χ1v) is 7.77. The molecule has 1 aliphatic rings. The maximum Gasteiger partial charge on any atom is 0.323 e. The maximum absolute atomic E-state index is 11.9. The van der Waals surface area contributed by atoms with E-state index in [9.17, 15) is 14.7 Å². The predicted octanol–water partition coefficient (Wildman–Crippen LogP) is 0.726. The van der Waals surface area contributed by atoms with Crippen LogP contribution < -0.4 is 10.6 Å². The van der Waals surface area contributed by atoms with Gasteiger partial charge in [0.15, 0.2) is 0 Å². The number of methoxy groups -OCH3 is 1. The first-order chi connectivity index (χ1) is 9.96. The van der Waals surface area contributed by atoms with Crippen molar-refractivity contribution in [2.24, 2.45) is 0 Å². The van der Waals surface area contributed by atoms with Gasteiger partial charge in [-0.15, -0.1) is 0 Å². The zero-order valence-corrected chi connectivity index (χ0v) is 13.2. The van der Waals surface area contributed by atoms with Crippen molar-refractivity contribution in [3.8, 4) is 0 Å². The highest BCUT2D eigenvalue weighted by Gasteiger charge is 2.28. The molecule has 1 saturated carbocycles. The number of amides is 1. The molecule has 0 radical (unpaired) electrons. The van der Waals surface area contributed by atoms with Gasteiger partial charge in [-0.3, -0.25) is 9.59 Å². The van der Waals surface area contributed by atoms with E-state index >= 15 is 0 Å². The minimum absolute atomic E-state index is 0.0794. The van der Waals surface area contributed by atoms with Crippen LogP contribution in [-0.2, 0) is 14.3 Å². The Balaban J connectivity index is 2.51. The number of carbonyl (C=O) groups excluding carboxylic acids is 2. The number of esters is 1. The van der Waals surface area contributed by atoms with Crippen molar-refractivity contribution >= 4 is 11.9 Å². The van der Waals surface area contributed by atoms with Gasteiger partial charge in [0, 0.05) is 12.1 Å². The SMILES string of the molecule is CCC(C)NC(=O)CC(NC1CCC(O)CC1)C(=O)OC. The van der Waals surface area contributed by atoms with Gasteiger partial charge in [-0.1, -0.05) is 6.92 Å². The van der Waals surface area contributed by atoms with Gasteiger partial charge < -0.3 is 20.5 Å². The number of hydrogen-bond donors (Lipinski definition) is 3. The van der Waals surface area contributed by atoms with Crippen LogP contribution in [0.4, 0.5) is 0 Å². The highest BCUT2D eigenvalue weighted by Crippen LogP contribution is 2.19. The van der Waals surface area contributed by atoms with Gasteiger partial charge in [0.2, 0.25) is 5.91 Å². The van der Waals surface area contributed by atoms with E-state index < -0.39 is 12.0 Å². The summed E-state index contributed by atoms with van der Waals surface area (Å²) >= 11 is 0. The zero-order chi connectivity index (χ0) is 15.8. The van der Waals surface area contributed by atoms with Crippen LogP contribution in [0.1, 0.15) is 52.4 Å². The monoisotopic (exact) mass is 300 g/mol. The van der Waals surface area contributed by atoms with Gasteiger partial charge in [0.05, 0.1) is 19.6 Å². The normalized spacial score (nSPS) is 25.0. The van der Waals surface area contributed by atoms with Gasteiger partial charge in [0.25, 0.3) is 0 Å². The van der Waals surface area contributed by atoms with Crippen LogP contribution >= 0.6 is 0 Å². The largest absolute Gasteiger partial charge is 0.468 e. The molecule has 1 fully saturated rings. The third-order valence-corrected chi connectivity index (χ3v) is 4.03. The fourth-order valence-electron chi connectivity index (χ4n) is 2.50. The van der Waals surface area contributed by atoms with Crippen LogP contribution in [0.15, 0.2) is 0 Å². The summed E-state index contributed by atoms with van der Waals surface area (Å²) in [5, 5.41) is 15.6. The fourth-order valence-corrected chi connectivity index (χ4v) is 2.50. The van der Waals surface area contributed by atoms with Gasteiger partial charge in [-0.05, 0) is 39.0 Å². The van der Waals surface area contributed by atoms with Gasteiger partial charge >= 0.3 is 5.97 Å². The molecule has 21 heavy (non-hydrogen) atoms. The Hall–Kier alpha value is -1.14. The third kappa shape index (κ3) is 6.44. The average Bonchev–Trinajstić information content (AvgIpc) is 2.47. The fraction of sp³-hybridized carbons (Fsp3) is 0.867. The Morgan fingerprint density at radius 1 is 1.29 bits per heavy atom. The summed E-state index contributed by atoms with van der Waals surface area (Å²) in [5.41, 5.74) is 0. The van der Waals surface area contributed by atoms with Gasteiger partial charge in [-0.2, -0.15) is 0 Å². The van der Waals surface area contributed by atoms with Crippen molar-refractivity contribution in [1.82, 2.24) is 10.6 Å². The second-order valence-corrected chi connectivity index (χ2v) is 5.83. The quantitative estimate of drug-likeness (QED) is 0.603. The summed E-state index contributed by atoms with van der Waals surface area (Å²) in [7, 11) is 1.33. The molecule has 0 aromatic carbocycles. The maximum atomic E-state index is 11.9. The first kappa shape index (κ1) is 17.9. The number of aliphatic hydroxyl groups excluding tert-OH is 1. The number of rotatable bonds is 7. The smallest absolute Gasteiger partial charge is 0.323 e. The van der Waals surface area contributed by atoms with Crippen molar-refractivity contribution in [1.29, 1.82) is 0 Å². The average molecular weight is 300 g/mol. The lowest BCUT2D eigenvalue weighted by molar-refractivity contribution is -0.145. The van der Waals surface area contributed by atoms with E-state index in [4.69, 9.17) is 4.74 Å². The van der Waals surface area contributed by atoms with E-state index in [0.29, 0.717) is 0 Å². The number of carbonyl (C=O) groups is 2. The van der Waals surface area contributed by atoms with E-state index in [1.54, 1.807) is 0 Å². The van der Waals surface area contributed by atoms with E-state index in [2.05, 4.69) is 10.6 Å². The Labute approximate surface area is 126 Å². The molecular weight excluding hydrogens is 272 g/mol. The van der Waals surface area contributed by atoms with E-state index in [1.165, 1.54) is 7.11 Å². The summed E-state index contributed by atoms with van der Waals surface area (Å²) in [6.07, 6.45) is 3.75. The summed E-state index contributed by atoms with van der Waals surface area (Å²) in [5.74, 6) is -0.566. The number of ether oxygens (including phenoxy) is 1. The summed E-state index contributed by atoms with van der Waals surface area (Å²) in [4.78, 5) is 23.8. The molecule has 2 atom stereocenters. The van der Waals surface area contributed by atoms with Crippen LogP contribution in [0.25, 0.3) is 0 Å². The molecule has 1 amide bonds. The van der Waals surface area contributed by atoms with Gasteiger partial charge in [-0.25, -0.2) is 0 Å². The summed E-state index contributed by atoms with van der Waals surface area (Å²) < 4.78 is 4.78. The summed E-state index contributed by atoms with van der Waals surface area (Å²) in [6.45, 7) is 3.93. The van der Waals surface area contributed by atoms with Crippen LogP contribution in [0.3, 0.4) is 0 Å². The molecule has 0 saturated heterocycles. The number of aliphatic hydroxyl groups is 1. The molecule has 6 nitrogen and oxygen atoms in total. The Bertz CT molecular complexity index is 341. The van der Waals surface area contributed by atoms with Crippen LogP contribution in [0.5, 0.6) is 0 Å². The molecule has 0 aliphatic heterocycles. The molecule has 0 heterocycles. The van der Waals surface area contributed by atoms with Crippen molar-refractivity contribution < 1.29 is 19.4 Å². The Kier molecular flexibility index (Phi) is 7.67. The molecule has 0 aromatic rings. The van der Waals surface area contributed by atoms with Crippen molar-refractivity contribution in [3.63, 3.8) is 0 Å². The third-order valence-electron chi connectivity index (χ3n) is 4.03. The molecular formula is C15H28N2O4.